The standard InChI is InChI=1S/C32H35N3O7S2/c1-5-40-25-17-21(7-12-24(25)42-19-27(36)34-13-15-39-16-14-34)18-26-30(37)35-29(22-8-10-23(43-4)11-9-22)28(31(38)41-6-2)20(3)33-32(35)44-26/h7-12,17-18,29H,5-6,13-16,19H2,1-4H3/b26-18+/t29-/m1/s1. The number of esters is 1. The molecular formula is C32H35N3O7S2. The van der Waals surface area contributed by atoms with E-state index in [1.54, 1.807) is 53.3 Å². The number of fused-ring (bicyclic) bond motifs is 1. The van der Waals surface area contributed by atoms with E-state index in [-0.39, 0.29) is 24.7 Å². The zero-order chi connectivity index (χ0) is 31.2. The number of carbonyl (C=O) groups excluding carboxylic acids is 2. The maximum absolute atomic E-state index is 14.0. The number of benzene rings is 2. The van der Waals surface area contributed by atoms with Gasteiger partial charge < -0.3 is 23.8 Å². The number of morpholine rings is 1. The third-order valence-electron chi connectivity index (χ3n) is 7.23. The minimum Gasteiger partial charge on any atom is -0.490 e. The number of amides is 1. The number of ether oxygens (including phenoxy) is 4. The summed E-state index contributed by atoms with van der Waals surface area (Å²) in [5.41, 5.74) is 2.10. The van der Waals surface area contributed by atoms with E-state index < -0.39 is 12.0 Å². The van der Waals surface area contributed by atoms with Crippen LogP contribution in [0.25, 0.3) is 6.08 Å². The molecule has 12 heteroatoms. The number of thiazole rings is 1. The molecule has 1 amide bonds. The molecule has 3 heterocycles. The SMILES string of the molecule is CCOC(=O)C1=C(C)N=c2s/c(=C/c3ccc(OCC(=O)N4CCOCC4)c(OCC)c3)c(=O)n2[C@@H]1c1ccc(SC)cc1. The van der Waals surface area contributed by atoms with Gasteiger partial charge in [0.05, 0.1) is 48.3 Å². The highest BCUT2D eigenvalue weighted by Crippen LogP contribution is 2.32. The Hall–Kier alpha value is -3.87. The third-order valence-corrected chi connectivity index (χ3v) is 8.96. The fourth-order valence-corrected chi connectivity index (χ4v) is 6.54. The molecule has 0 radical (unpaired) electrons. The molecule has 232 valence electrons. The number of thioether (sulfide) groups is 1. The number of hydrogen-bond donors (Lipinski definition) is 0. The molecule has 2 aromatic carbocycles. The highest BCUT2D eigenvalue weighted by atomic mass is 32.2. The fourth-order valence-electron chi connectivity index (χ4n) is 5.09. The lowest BCUT2D eigenvalue weighted by Crippen LogP contribution is -2.43. The predicted octanol–water partition coefficient (Wildman–Crippen LogP) is 3.16. The van der Waals surface area contributed by atoms with Gasteiger partial charge in [0.1, 0.15) is 0 Å². The number of hydrogen-bond acceptors (Lipinski definition) is 10. The number of carbonyl (C=O) groups is 2. The normalized spacial score (nSPS) is 16.8. The van der Waals surface area contributed by atoms with Crippen LogP contribution >= 0.6 is 23.1 Å². The monoisotopic (exact) mass is 637 g/mol. The van der Waals surface area contributed by atoms with Gasteiger partial charge in [-0.3, -0.25) is 14.2 Å². The Bertz CT molecular complexity index is 1740. The summed E-state index contributed by atoms with van der Waals surface area (Å²) in [6.45, 7) is 7.99. The van der Waals surface area contributed by atoms with Crippen LogP contribution in [0.3, 0.4) is 0 Å². The van der Waals surface area contributed by atoms with Gasteiger partial charge in [0.2, 0.25) is 0 Å². The number of rotatable bonds is 10. The summed E-state index contributed by atoms with van der Waals surface area (Å²) < 4.78 is 24.4. The summed E-state index contributed by atoms with van der Waals surface area (Å²) >= 11 is 2.87. The zero-order valence-electron chi connectivity index (χ0n) is 25.2. The first-order valence-corrected chi connectivity index (χ1v) is 16.5. The van der Waals surface area contributed by atoms with Gasteiger partial charge >= 0.3 is 5.97 Å². The van der Waals surface area contributed by atoms with Gasteiger partial charge in [0.25, 0.3) is 11.5 Å². The number of allylic oxidation sites excluding steroid dienone is 1. The quantitative estimate of drug-likeness (QED) is 0.247. The Morgan fingerprint density at radius 3 is 2.50 bits per heavy atom. The van der Waals surface area contributed by atoms with Crippen molar-refractivity contribution in [3.63, 3.8) is 0 Å². The summed E-state index contributed by atoms with van der Waals surface area (Å²) in [5.74, 6) is 0.300. The molecule has 10 nitrogen and oxygen atoms in total. The van der Waals surface area contributed by atoms with E-state index in [1.807, 2.05) is 43.5 Å². The van der Waals surface area contributed by atoms with Crippen molar-refractivity contribution in [2.45, 2.75) is 31.7 Å². The molecule has 3 aromatic rings. The van der Waals surface area contributed by atoms with E-state index >= 15 is 0 Å². The van der Waals surface area contributed by atoms with Crippen LogP contribution in [0.2, 0.25) is 0 Å². The molecule has 2 aliphatic rings. The first kappa shape index (κ1) is 31.6. The molecule has 0 N–H and O–H groups in total. The van der Waals surface area contributed by atoms with Crippen LogP contribution in [0.4, 0.5) is 0 Å². The highest BCUT2D eigenvalue weighted by molar-refractivity contribution is 7.98. The summed E-state index contributed by atoms with van der Waals surface area (Å²) in [7, 11) is 0. The average molecular weight is 638 g/mol. The van der Waals surface area contributed by atoms with Gasteiger partial charge in [-0.05, 0) is 68.5 Å². The lowest BCUT2D eigenvalue weighted by Gasteiger charge is -2.26. The van der Waals surface area contributed by atoms with Crippen LogP contribution in [0.15, 0.2) is 68.4 Å². The summed E-state index contributed by atoms with van der Waals surface area (Å²) in [5, 5.41) is 0. The minimum atomic E-state index is -0.679. The summed E-state index contributed by atoms with van der Waals surface area (Å²) in [6, 6.07) is 12.5. The summed E-state index contributed by atoms with van der Waals surface area (Å²) in [4.78, 5) is 47.6. The summed E-state index contributed by atoms with van der Waals surface area (Å²) in [6.07, 6.45) is 3.76. The maximum atomic E-state index is 14.0. The molecular weight excluding hydrogens is 603 g/mol. The molecule has 0 spiro atoms. The lowest BCUT2D eigenvalue weighted by atomic mass is 9.96. The Balaban J connectivity index is 1.50. The Morgan fingerprint density at radius 2 is 1.82 bits per heavy atom. The minimum absolute atomic E-state index is 0.113. The molecule has 0 aliphatic carbocycles. The van der Waals surface area contributed by atoms with E-state index in [0.717, 1.165) is 10.5 Å². The van der Waals surface area contributed by atoms with E-state index in [9.17, 15) is 14.4 Å². The van der Waals surface area contributed by atoms with Crippen LogP contribution in [0, 0.1) is 0 Å². The van der Waals surface area contributed by atoms with Crippen molar-refractivity contribution in [1.29, 1.82) is 0 Å². The van der Waals surface area contributed by atoms with E-state index in [4.69, 9.17) is 18.9 Å². The Morgan fingerprint density at radius 1 is 1.07 bits per heavy atom. The highest BCUT2D eigenvalue weighted by Gasteiger charge is 2.33. The van der Waals surface area contributed by atoms with Crippen LogP contribution in [-0.2, 0) is 19.1 Å². The van der Waals surface area contributed by atoms with Crippen molar-refractivity contribution in [3.05, 3.63) is 84.5 Å². The number of aromatic nitrogens is 1. The smallest absolute Gasteiger partial charge is 0.338 e. The first-order chi connectivity index (χ1) is 21.3. The molecule has 1 fully saturated rings. The Kier molecular flexibility index (Phi) is 10.2. The van der Waals surface area contributed by atoms with Gasteiger partial charge in [0.15, 0.2) is 22.9 Å². The topological polar surface area (TPSA) is 109 Å². The van der Waals surface area contributed by atoms with Gasteiger partial charge in [-0.1, -0.05) is 29.5 Å². The van der Waals surface area contributed by atoms with Crippen LogP contribution < -0.4 is 24.4 Å². The second-order valence-corrected chi connectivity index (χ2v) is 11.9. The van der Waals surface area contributed by atoms with Gasteiger partial charge in [-0.2, -0.15) is 0 Å². The van der Waals surface area contributed by atoms with Gasteiger partial charge in [-0.15, -0.1) is 11.8 Å². The van der Waals surface area contributed by atoms with Crippen LogP contribution in [-0.4, -0.2) is 73.7 Å². The molecule has 2 aliphatic heterocycles. The van der Waals surface area contributed by atoms with Crippen molar-refractivity contribution < 1.29 is 28.5 Å². The van der Waals surface area contributed by atoms with Gasteiger partial charge in [-0.25, -0.2) is 9.79 Å². The lowest BCUT2D eigenvalue weighted by molar-refractivity contribution is -0.139. The second kappa shape index (κ2) is 14.3. The zero-order valence-corrected chi connectivity index (χ0v) is 26.8. The van der Waals surface area contributed by atoms with E-state index in [1.165, 1.54) is 11.3 Å². The molecule has 0 bridgehead atoms. The molecule has 0 unspecified atom stereocenters. The van der Waals surface area contributed by atoms with Crippen LogP contribution in [0.5, 0.6) is 11.5 Å². The van der Waals surface area contributed by atoms with Crippen LogP contribution in [0.1, 0.15) is 37.9 Å². The number of nitrogens with zero attached hydrogens (tertiary/aromatic N) is 3. The maximum Gasteiger partial charge on any atom is 0.338 e. The largest absolute Gasteiger partial charge is 0.490 e. The molecule has 1 aromatic heterocycles. The average Bonchev–Trinajstić information content (AvgIpc) is 3.34. The van der Waals surface area contributed by atoms with Crippen molar-refractivity contribution in [2.75, 3.05) is 52.4 Å². The molecule has 1 saturated heterocycles. The molecule has 0 saturated carbocycles. The first-order valence-electron chi connectivity index (χ1n) is 14.4. The van der Waals surface area contributed by atoms with Crippen molar-refractivity contribution in [1.82, 2.24) is 9.47 Å². The second-order valence-electron chi connectivity index (χ2n) is 10.00. The van der Waals surface area contributed by atoms with E-state index in [2.05, 4.69) is 4.99 Å². The molecule has 1 atom stereocenters. The molecule has 5 rings (SSSR count). The van der Waals surface area contributed by atoms with Gasteiger partial charge in [0, 0.05) is 18.0 Å². The molecule has 44 heavy (non-hydrogen) atoms. The van der Waals surface area contributed by atoms with Crippen molar-refractivity contribution >= 4 is 41.1 Å². The Labute approximate surface area is 263 Å². The van der Waals surface area contributed by atoms with Crippen molar-refractivity contribution in [2.24, 2.45) is 4.99 Å². The van der Waals surface area contributed by atoms with Crippen molar-refractivity contribution in [3.8, 4) is 11.5 Å². The predicted molar refractivity (Wildman–Crippen MR) is 169 cm³/mol. The van der Waals surface area contributed by atoms with E-state index in [0.29, 0.717) is 70.6 Å². The fraction of sp³-hybridized carbons (Fsp3) is 0.375. The third kappa shape index (κ3) is 6.77.